The maximum absolute atomic E-state index is 4.79. The lowest BCUT2D eigenvalue weighted by Crippen LogP contribution is -2.55. The largest absolute Gasteiger partial charge is 0.335 e. The number of hydrogen-bond acceptors (Lipinski definition) is 5. The molecule has 1 saturated heterocycles. The highest BCUT2D eigenvalue weighted by atomic mass is 15.3. The summed E-state index contributed by atoms with van der Waals surface area (Å²) in [5.74, 6) is 0.804. The van der Waals surface area contributed by atoms with Gasteiger partial charge in [-0.15, -0.1) is 0 Å². The predicted octanol–water partition coefficient (Wildman–Crippen LogP) is 2.34. The molecular formula is C17H23N5. The van der Waals surface area contributed by atoms with Crippen molar-refractivity contribution < 1.29 is 0 Å². The second kappa shape index (κ2) is 6.01. The smallest absolute Gasteiger partial charge is 0.226 e. The second-order valence-corrected chi connectivity index (χ2v) is 6.14. The van der Waals surface area contributed by atoms with Gasteiger partial charge in [-0.1, -0.05) is 0 Å². The Hall–Kier alpha value is -2.01. The van der Waals surface area contributed by atoms with Crippen molar-refractivity contribution >= 4 is 5.95 Å². The number of rotatable bonds is 2. The third kappa shape index (κ3) is 2.95. The minimum absolute atomic E-state index is 0.392. The first-order valence-electron chi connectivity index (χ1n) is 7.82. The summed E-state index contributed by atoms with van der Waals surface area (Å²) in [6, 6.07) is 6.92. The second-order valence-electron chi connectivity index (χ2n) is 6.14. The van der Waals surface area contributed by atoms with Crippen LogP contribution in [0, 0.1) is 13.8 Å². The van der Waals surface area contributed by atoms with Gasteiger partial charge in [0.05, 0.1) is 5.69 Å². The predicted molar refractivity (Wildman–Crippen MR) is 89.0 cm³/mol. The Morgan fingerprint density at radius 3 is 2.73 bits per heavy atom. The van der Waals surface area contributed by atoms with Crippen molar-refractivity contribution in [2.45, 2.75) is 39.8 Å². The molecule has 1 aliphatic heterocycles. The Morgan fingerprint density at radius 1 is 1.14 bits per heavy atom. The first-order valence-corrected chi connectivity index (χ1v) is 7.82. The number of nitrogens with one attached hydrogen (secondary N) is 1. The van der Waals surface area contributed by atoms with E-state index in [1.165, 1.54) is 0 Å². The molecule has 3 rings (SSSR count). The van der Waals surface area contributed by atoms with E-state index in [9.17, 15) is 0 Å². The summed E-state index contributed by atoms with van der Waals surface area (Å²) in [7, 11) is 0. The fourth-order valence-electron chi connectivity index (χ4n) is 2.89. The summed E-state index contributed by atoms with van der Waals surface area (Å²) < 4.78 is 0. The number of nitrogens with zero attached hydrogens (tertiary/aromatic N) is 4. The van der Waals surface area contributed by atoms with Crippen LogP contribution < -0.4 is 10.2 Å². The molecule has 5 nitrogen and oxygen atoms in total. The van der Waals surface area contributed by atoms with Gasteiger partial charge in [0.2, 0.25) is 5.95 Å². The molecule has 0 radical (unpaired) electrons. The molecule has 0 bridgehead atoms. The van der Waals surface area contributed by atoms with Crippen molar-refractivity contribution in [2.75, 3.05) is 18.0 Å². The van der Waals surface area contributed by atoms with Crippen LogP contribution in [0.4, 0.5) is 5.95 Å². The number of pyridine rings is 1. The van der Waals surface area contributed by atoms with Crippen LogP contribution in [0.1, 0.15) is 25.2 Å². The lowest BCUT2D eigenvalue weighted by atomic mass is 10.1. The van der Waals surface area contributed by atoms with Crippen LogP contribution >= 0.6 is 0 Å². The third-order valence-electron chi connectivity index (χ3n) is 4.17. The molecule has 5 heteroatoms. The van der Waals surface area contributed by atoms with Crippen LogP contribution in [-0.2, 0) is 0 Å². The van der Waals surface area contributed by atoms with Gasteiger partial charge in [-0.3, -0.25) is 4.98 Å². The minimum atomic E-state index is 0.392. The average Bonchev–Trinajstić information content (AvgIpc) is 2.50. The fourth-order valence-corrected chi connectivity index (χ4v) is 2.89. The monoisotopic (exact) mass is 297 g/mol. The SMILES string of the molecule is Cc1ccc(-c2ccnc(N3C[C@@H](C)NC[C@@H]3C)n2)c(C)n1. The van der Waals surface area contributed by atoms with Crippen molar-refractivity contribution in [3.05, 3.63) is 35.8 Å². The number of piperazine rings is 1. The van der Waals surface area contributed by atoms with Crippen LogP contribution in [0.25, 0.3) is 11.3 Å². The molecule has 2 aromatic rings. The molecule has 3 heterocycles. The van der Waals surface area contributed by atoms with Gasteiger partial charge >= 0.3 is 0 Å². The standard InChI is InChI=1S/C17H23N5/c1-11-5-6-15(14(4)20-11)16-7-8-18-17(21-16)22-10-12(2)19-9-13(22)3/h5-8,12-13,19H,9-10H2,1-4H3/t12-,13+/m1/s1. The van der Waals surface area contributed by atoms with E-state index in [0.717, 1.165) is 41.7 Å². The first kappa shape index (κ1) is 14.9. The van der Waals surface area contributed by atoms with Gasteiger partial charge in [0, 0.05) is 48.3 Å². The molecule has 1 fully saturated rings. The molecule has 0 saturated carbocycles. The van der Waals surface area contributed by atoms with E-state index < -0.39 is 0 Å². The quantitative estimate of drug-likeness (QED) is 0.922. The minimum Gasteiger partial charge on any atom is -0.335 e. The van der Waals surface area contributed by atoms with E-state index in [-0.39, 0.29) is 0 Å². The summed E-state index contributed by atoms with van der Waals surface area (Å²) in [6.07, 6.45) is 1.84. The zero-order valence-electron chi connectivity index (χ0n) is 13.7. The number of hydrogen-bond donors (Lipinski definition) is 1. The van der Waals surface area contributed by atoms with Crippen LogP contribution in [0.15, 0.2) is 24.4 Å². The zero-order valence-corrected chi connectivity index (χ0v) is 13.7. The molecule has 2 atom stereocenters. The highest BCUT2D eigenvalue weighted by Gasteiger charge is 2.24. The van der Waals surface area contributed by atoms with Crippen LogP contribution in [0.3, 0.4) is 0 Å². The Kier molecular flexibility index (Phi) is 4.07. The molecular weight excluding hydrogens is 274 g/mol. The Balaban J connectivity index is 1.95. The molecule has 0 unspecified atom stereocenters. The Morgan fingerprint density at radius 2 is 1.95 bits per heavy atom. The van der Waals surface area contributed by atoms with E-state index >= 15 is 0 Å². The molecule has 2 aromatic heterocycles. The first-order chi connectivity index (χ1) is 10.5. The van der Waals surface area contributed by atoms with Gasteiger partial charge in [0.15, 0.2) is 0 Å². The van der Waals surface area contributed by atoms with Gasteiger partial charge in [0.25, 0.3) is 0 Å². The summed E-state index contributed by atoms with van der Waals surface area (Å²) in [5.41, 5.74) is 4.05. The summed E-state index contributed by atoms with van der Waals surface area (Å²) in [6.45, 7) is 10.3. The molecule has 0 aliphatic carbocycles. The van der Waals surface area contributed by atoms with Gasteiger partial charge in [-0.05, 0) is 45.9 Å². The molecule has 0 spiro atoms. The number of anilines is 1. The molecule has 1 aliphatic rings. The van der Waals surface area contributed by atoms with Gasteiger partial charge < -0.3 is 10.2 Å². The summed E-state index contributed by atoms with van der Waals surface area (Å²) in [4.78, 5) is 16.1. The molecule has 1 N–H and O–H groups in total. The van der Waals surface area contributed by atoms with Crippen molar-refractivity contribution in [2.24, 2.45) is 0 Å². The van der Waals surface area contributed by atoms with Crippen LogP contribution in [0.5, 0.6) is 0 Å². The average molecular weight is 297 g/mol. The highest BCUT2D eigenvalue weighted by Crippen LogP contribution is 2.23. The van der Waals surface area contributed by atoms with Crippen molar-refractivity contribution in [1.82, 2.24) is 20.3 Å². The van der Waals surface area contributed by atoms with E-state index in [1.54, 1.807) is 0 Å². The third-order valence-corrected chi connectivity index (χ3v) is 4.17. The van der Waals surface area contributed by atoms with Gasteiger partial charge in [-0.2, -0.15) is 0 Å². The van der Waals surface area contributed by atoms with Gasteiger partial charge in [-0.25, -0.2) is 9.97 Å². The number of aryl methyl sites for hydroxylation is 2. The van der Waals surface area contributed by atoms with E-state index in [0.29, 0.717) is 12.1 Å². The highest BCUT2D eigenvalue weighted by molar-refractivity contribution is 5.62. The van der Waals surface area contributed by atoms with Gasteiger partial charge in [0.1, 0.15) is 0 Å². The Labute approximate surface area is 131 Å². The summed E-state index contributed by atoms with van der Waals surface area (Å²) >= 11 is 0. The van der Waals surface area contributed by atoms with E-state index in [2.05, 4.69) is 40.1 Å². The molecule has 116 valence electrons. The van der Waals surface area contributed by atoms with Crippen molar-refractivity contribution in [3.8, 4) is 11.3 Å². The number of aromatic nitrogens is 3. The maximum Gasteiger partial charge on any atom is 0.226 e. The molecule has 0 amide bonds. The van der Waals surface area contributed by atoms with Crippen LogP contribution in [-0.4, -0.2) is 40.1 Å². The zero-order chi connectivity index (χ0) is 15.7. The summed E-state index contributed by atoms with van der Waals surface area (Å²) in [5, 5.41) is 3.49. The topological polar surface area (TPSA) is 53.9 Å². The lowest BCUT2D eigenvalue weighted by molar-refractivity contribution is 0.420. The molecule has 22 heavy (non-hydrogen) atoms. The van der Waals surface area contributed by atoms with Crippen molar-refractivity contribution in [3.63, 3.8) is 0 Å². The van der Waals surface area contributed by atoms with E-state index in [1.807, 2.05) is 32.2 Å². The Bertz CT molecular complexity index is 670. The normalized spacial score (nSPS) is 21.9. The maximum atomic E-state index is 4.79. The fraction of sp³-hybridized carbons (Fsp3) is 0.471. The van der Waals surface area contributed by atoms with Crippen molar-refractivity contribution in [1.29, 1.82) is 0 Å². The lowest BCUT2D eigenvalue weighted by Gasteiger charge is -2.37. The molecule has 0 aromatic carbocycles. The van der Waals surface area contributed by atoms with E-state index in [4.69, 9.17) is 4.98 Å². The van der Waals surface area contributed by atoms with Crippen LogP contribution in [0.2, 0.25) is 0 Å².